The van der Waals surface area contributed by atoms with Crippen LogP contribution in [0.1, 0.15) is 31.5 Å². The summed E-state index contributed by atoms with van der Waals surface area (Å²) in [5.74, 6) is 0. The van der Waals surface area contributed by atoms with Gasteiger partial charge in [0.2, 0.25) is 0 Å². The van der Waals surface area contributed by atoms with Crippen molar-refractivity contribution in [1.29, 1.82) is 0 Å². The van der Waals surface area contributed by atoms with Crippen LogP contribution in [-0.2, 0) is 12.8 Å². The summed E-state index contributed by atoms with van der Waals surface area (Å²) in [5, 5.41) is 0.581. The summed E-state index contributed by atoms with van der Waals surface area (Å²) < 4.78 is 0. The lowest BCUT2D eigenvalue weighted by Gasteiger charge is -2.30. The molecule has 13 heavy (non-hydrogen) atoms. The summed E-state index contributed by atoms with van der Waals surface area (Å²) in [6.45, 7) is 4.51. The molecule has 2 nitrogen and oxygen atoms in total. The van der Waals surface area contributed by atoms with E-state index in [-0.39, 0.29) is 0 Å². The van der Waals surface area contributed by atoms with Crippen LogP contribution in [0.3, 0.4) is 0 Å². The minimum atomic E-state index is 0.335. The van der Waals surface area contributed by atoms with Crippen LogP contribution in [0.15, 0.2) is 0 Å². The third-order valence-corrected chi connectivity index (χ3v) is 2.94. The van der Waals surface area contributed by atoms with Crippen molar-refractivity contribution >= 4 is 11.6 Å². The first-order chi connectivity index (χ1) is 6.08. The third-order valence-electron chi connectivity index (χ3n) is 2.62. The zero-order chi connectivity index (χ0) is 9.47. The van der Waals surface area contributed by atoms with Crippen LogP contribution in [0.5, 0.6) is 0 Å². The van der Waals surface area contributed by atoms with Gasteiger partial charge in [-0.3, -0.25) is 0 Å². The Kier molecular flexibility index (Phi) is 2.03. The van der Waals surface area contributed by atoms with Crippen molar-refractivity contribution in [3.63, 3.8) is 0 Å². The number of rotatable bonds is 0. The van der Waals surface area contributed by atoms with Gasteiger partial charge in [0.05, 0.1) is 0 Å². The average Bonchev–Trinajstić information content (AvgIpc) is 2.06. The number of aryl methyl sites for hydroxylation is 1. The molecule has 69 valence electrons. The predicted molar refractivity (Wildman–Crippen MR) is 51.7 cm³/mol. The number of fused-ring (bicyclic) bond motifs is 1. The third kappa shape index (κ3) is 1.68. The van der Waals surface area contributed by atoms with Gasteiger partial charge in [0, 0.05) is 11.3 Å². The fraction of sp³-hybridized carbons (Fsp3) is 0.600. The van der Waals surface area contributed by atoms with E-state index < -0.39 is 0 Å². The molecule has 1 aliphatic rings. The van der Waals surface area contributed by atoms with Crippen molar-refractivity contribution in [3.8, 4) is 0 Å². The molecule has 0 N–H and O–H groups in total. The van der Waals surface area contributed by atoms with Gasteiger partial charge in [-0.05, 0) is 24.7 Å². The molecule has 3 heteroatoms. The molecular formula is C10H12ClN2. The normalized spacial score (nSPS) is 19.6. The Morgan fingerprint density at radius 2 is 2.15 bits per heavy atom. The summed E-state index contributed by atoms with van der Waals surface area (Å²) >= 11 is 5.99. The van der Waals surface area contributed by atoms with Gasteiger partial charge < -0.3 is 0 Å². The van der Waals surface area contributed by atoms with Crippen molar-refractivity contribution in [2.24, 2.45) is 5.41 Å². The van der Waals surface area contributed by atoms with Crippen molar-refractivity contribution in [3.05, 3.63) is 22.7 Å². The van der Waals surface area contributed by atoms with Gasteiger partial charge in [-0.25, -0.2) is 9.97 Å². The minimum absolute atomic E-state index is 0.335. The molecule has 0 spiro atoms. The van der Waals surface area contributed by atoms with Crippen molar-refractivity contribution in [2.45, 2.75) is 33.1 Å². The van der Waals surface area contributed by atoms with E-state index in [2.05, 4.69) is 30.1 Å². The molecule has 0 saturated heterocycles. The average molecular weight is 196 g/mol. The molecule has 1 radical (unpaired) electrons. The maximum absolute atomic E-state index is 5.99. The highest BCUT2D eigenvalue weighted by molar-refractivity contribution is 6.30. The van der Waals surface area contributed by atoms with Crippen LogP contribution in [0.25, 0.3) is 0 Å². The number of aromatic nitrogens is 2. The molecule has 1 aromatic heterocycles. The smallest absolute Gasteiger partial charge is 0.199 e. The Bertz CT molecular complexity index is 334. The number of hydrogen-bond donors (Lipinski definition) is 0. The SMILES string of the molecule is CC1(C)CCc2n[c]nc(Cl)c2C1. The fourth-order valence-corrected chi connectivity index (χ4v) is 2.00. The van der Waals surface area contributed by atoms with E-state index in [1.807, 2.05) is 0 Å². The molecule has 1 aromatic rings. The molecule has 0 saturated carbocycles. The quantitative estimate of drug-likeness (QED) is 0.595. The summed E-state index contributed by atoms with van der Waals surface area (Å²) in [5.41, 5.74) is 2.54. The summed E-state index contributed by atoms with van der Waals surface area (Å²) in [7, 11) is 0. The Balaban J connectivity index is 2.44. The van der Waals surface area contributed by atoms with Crippen LogP contribution < -0.4 is 0 Å². The highest BCUT2D eigenvalue weighted by Gasteiger charge is 2.27. The lowest BCUT2D eigenvalue weighted by atomic mass is 9.76. The van der Waals surface area contributed by atoms with E-state index in [4.69, 9.17) is 11.6 Å². The lowest BCUT2D eigenvalue weighted by Crippen LogP contribution is -2.23. The van der Waals surface area contributed by atoms with Gasteiger partial charge in [0.1, 0.15) is 5.15 Å². The van der Waals surface area contributed by atoms with Gasteiger partial charge in [-0.1, -0.05) is 25.4 Å². The van der Waals surface area contributed by atoms with Crippen LogP contribution in [0, 0.1) is 11.7 Å². The molecule has 1 heterocycles. The zero-order valence-electron chi connectivity index (χ0n) is 7.89. The van der Waals surface area contributed by atoms with E-state index in [9.17, 15) is 0 Å². The van der Waals surface area contributed by atoms with E-state index in [1.54, 1.807) is 0 Å². The highest BCUT2D eigenvalue weighted by Crippen LogP contribution is 2.35. The van der Waals surface area contributed by atoms with Crippen LogP contribution in [-0.4, -0.2) is 9.97 Å². The molecule has 1 aliphatic carbocycles. The van der Waals surface area contributed by atoms with Crippen molar-refractivity contribution in [1.82, 2.24) is 9.97 Å². The first-order valence-corrected chi connectivity index (χ1v) is 4.88. The molecular weight excluding hydrogens is 184 g/mol. The molecule has 0 aromatic carbocycles. The second-order valence-corrected chi connectivity index (χ2v) is 4.74. The minimum Gasteiger partial charge on any atom is -0.230 e. The molecule has 0 unspecified atom stereocenters. The fourth-order valence-electron chi connectivity index (χ4n) is 1.79. The van der Waals surface area contributed by atoms with Gasteiger partial charge >= 0.3 is 0 Å². The summed E-state index contributed by atoms with van der Waals surface area (Å²) in [6.07, 6.45) is 5.74. The molecule has 2 rings (SSSR count). The van der Waals surface area contributed by atoms with E-state index in [0.29, 0.717) is 10.6 Å². The van der Waals surface area contributed by atoms with Gasteiger partial charge in [-0.2, -0.15) is 0 Å². The van der Waals surface area contributed by atoms with Gasteiger partial charge in [0.15, 0.2) is 6.33 Å². The van der Waals surface area contributed by atoms with Crippen LogP contribution in [0.4, 0.5) is 0 Å². The summed E-state index contributed by atoms with van der Waals surface area (Å²) in [6, 6.07) is 0. The summed E-state index contributed by atoms with van der Waals surface area (Å²) in [4.78, 5) is 8.01. The highest BCUT2D eigenvalue weighted by atomic mass is 35.5. The maximum Gasteiger partial charge on any atom is 0.199 e. The molecule has 0 aliphatic heterocycles. The lowest BCUT2D eigenvalue weighted by molar-refractivity contribution is 0.311. The Hall–Kier alpha value is -0.630. The first-order valence-electron chi connectivity index (χ1n) is 4.50. The Morgan fingerprint density at radius 1 is 1.38 bits per heavy atom. The Labute approximate surface area is 83.4 Å². The standard InChI is InChI=1S/C10H12ClN2/c1-10(2)4-3-8-7(5-10)9(11)13-6-12-8/h3-5H2,1-2H3. The number of halogens is 1. The molecule has 0 bridgehead atoms. The van der Waals surface area contributed by atoms with Gasteiger partial charge in [0.25, 0.3) is 0 Å². The van der Waals surface area contributed by atoms with E-state index in [1.165, 1.54) is 6.42 Å². The monoisotopic (exact) mass is 195 g/mol. The largest absolute Gasteiger partial charge is 0.230 e. The van der Waals surface area contributed by atoms with E-state index in [0.717, 1.165) is 24.1 Å². The first kappa shape index (κ1) is 8.95. The maximum atomic E-state index is 5.99. The van der Waals surface area contributed by atoms with Crippen LogP contribution >= 0.6 is 11.6 Å². The number of nitrogens with zero attached hydrogens (tertiary/aromatic N) is 2. The second kappa shape index (κ2) is 2.95. The van der Waals surface area contributed by atoms with Crippen molar-refractivity contribution < 1.29 is 0 Å². The molecule has 0 atom stereocenters. The Morgan fingerprint density at radius 3 is 2.92 bits per heavy atom. The second-order valence-electron chi connectivity index (χ2n) is 4.38. The number of hydrogen-bond acceptors (Lipinski definition) is 2. The predicted octanol–water partition coefficient (Wildman–Crippen LogP) is 2.45. The van der Waals surface area contributed by atoms with Crippen LogP contribution in [0.2, 0.25) is 5.15 Å². The molecule has 0 amide bonds. The zero-order valence-corrected chi connectivity index (χ0v) is 8.65. The molecule has 0 fully saturated rings. The topological polar surface area (TPSA) is 25.8 Å². The van der Waals surface area contributed by atoms with E-state index >= 15 is 0 Å². The van der Waals surface area contributed by atoms with Gasteiger partial charge in [-0.15, -0.1) is 0 Å². The van der Waals surface area contributed by atoms with Crippen molar-refractivity contribution in [2.75, 3.05) is 0 Å².